The first-order chi connectivity index (χ1) is 17.5. The Hall–Kier alpha value is -1.13. The third kappa shape index (κ3) is 13.4. The number of hydrogen-bond donors (Lipinski definition) is 0. The molecule has 0 atom stereocenters. The minimum Gasteiger partial charge on any atom is -0.266 e. The van der Waals surface area contributed by atoms with E-state index in [1.54, 1.807) is 6.07 Å². The van der Waals surface area contributed by atoms with E-state index in [1.165, 1.54) is 82.6 Å². The summed E-state index contributed by atoms with van der Waals surface area (Å²) in [6.07, 6.45) is 24.8. The second-order valence-electron chi connectivity index (χ2n) is 10.4. The molecule has 0 aliphatic rings. The fraction of sp³-hybridized carbons (Fsp3) is 0.750. The SMILES string of the molecule is C=Cc1ccc(S(=O)(=O)OCCCCCCCC)c(CCCCCCCC)c1CCCCCCCC. The molecule has 0 radical (unpaired) electrons. The van der Waals surface area contributed by atoms with Gasteiger partial charge in [0.05, 0.1) is 11.5 Å². The van der Waals surface area contributed by atoms with Crippen molar-refractivity contribution in [1.29, 1.82) is 0 Å². The molecule has 0 aliphatic heterocycles. The first-order valence-corrected chi connectivity index (χ1v) is 16.6. The summed E-state index contributed by atoms with van der Waals surface area (Å²) in [5, 5.41) is 0. The third-order valence-corrected chi connectivity index (χ3v) is 8.61. The molecule has 1 aromatic rings. The van der Waals surface area contributed by atoms with E-state index < -0.39 is 10.1 Å². The molecule has 1 aromatic carbocycles. The van der Waals surface area contributed by atoms with Gasteiger partial charge in [-0.1, -0.05) is 136 Å². The second-order valence-corrected chi connectivity index (χ2v) is 12.0. The second kappa shape index (κ2) is 20.9. The van der Waals surface area contributed by atoms with Gasteiger partial charge < -0.3 is 0 Å². The van der Waals surface area contributed by atoms with Crippen molar-refractivity contribution in [3.05, 3.63) is 35.4 Å². The van der Waals surface area contributed by atoms with Crippen molar-refractivity contribution in [3.8, 4) is 0 Å². The van der Waals surface area contributed by atoms with Gasteiger partial charge in [0.15, 0.2) is 0 Å². The minimum absolute atomic E-state index is 0.279. The standard InChI is InChI=1S/C32H56O3S/c1-5-9-12-15-18-21-24-30-29(8-4)26-27-32(31(30)25-22-19-16-13-10-6-2)36(33,34)35-28-23-20-17-14-11-7-3/h8,26-27H,4-7,9-25,28H2,1-3H3. The van der Waals surface area contributed by atoms with Crippen LogP contribution < -0.4 is 0 Å². The Morgan fingerprint density at radius 2 is 1.08 bits per heavy atom. The first kappa shape index (κ1) is 32.9. The average Bonchev–Trinajstić information content (AvgIpc) is 2.87. The summed E-state index contributed by atoms with van der Waals surface area (Å²) >= 11 is 0. The summed E-state index contributed by atoms with van der Waals surface area (Å²) in [6, 6.07) is 3.70. The average molecular weight is 521 g/mol. The topological polar surface area (TPSA) is 43.4 Å². The van der Waals surface area contributed by atoms with Crippen LogP contribution in [0.1, 0.15) is 153 Å². The summed E-state index contributed by atoms with van der Waals surface area (Å²) in [5.74, 6) is 0. The fourth-order valence-electron chi connectivity index (χ4n) is 4.96. The smallest absolute Gasteiger partial charge is 0.266 e. The van der Waals surface area contributed by atoms with Gasteiger partial charge in [-0.2, -0.15) is 8.42 Å². The quantitative estimate of drug-likeness (QED) is 0.101. The van der Waals surface area contributed by atoms with E-state index in [0.29, 0.717) is 4.90 Å². The van der Waals surface area contributed by atoms with Gasteiger partial charge in [0.1, 0.15) is 0 Å². The molecule has 0 fully saturated rings. The molecular formula is C32H56O3S. The zero-order valence-corrected chi connectivity index (χ0v) is 24.7. The number of rotatable bonds is 24. The Balaban J connectivity index is 2.96. The van der Waals surface area contributed by atoms with Crippen molar-refractivity contribution >= 4 is 16.2 Å². The van der Waals surface area contributed by atoms with Crippen LogP contribution in [-0.2, 0) is 27.1 Å². The summed E-state index contributed by atoms with van der Waals surface area (Å²) in [6.45, 7) is 11.0. The van der Waals surface area contributed by atoms with E-state index in [2.05, 4.69) is 27.4 Å². The highest BCUT2D eigenvalue weighted by molar-refractivity contribution is 7.86. The molecule has 0 saturated heterocycles. The number of unbranched alkanes of at least 4 members (excludes halogenated alkanes) is 15. The van der Waals surface area contributed by atoms with Crippen LogP contribution in [0.4, 0.5) is 0 Å². The van der Waals surface area contributed by atoms with Crippen molar-refractivity contribution in [2.45, 2.75) is 154 Å². The normalized spacial score (nSPS) is 11.8. The van der Waals surface area contributed by atoms with Crippen LogP contribution in [0.25, 0.3) is 6.08 Å². The Morgan fingerprint density at radius 3 is 1.58 bits per heavy atom. The lowest BCUT2D eigenvalue weighted by atomic mass is 9.92. The highest BCUT2D eigenvalue weighted by Gasteiger charge is 2.23. The van der Waals surface area contributed by atoms with Gasteiger partial charge in [-0.3, -0.25) is 4.18 Å². The van der Waals surface area contributed by atoms with Crippen molar-refractivity contribution in [1.82, 2.24) is 0 Å². The summed E-state index contributed by atoms with van der Waals surface area (Å²) in [5.41, 5.74) is 3.25. The maximum Gasteiger partial charge on any atom is 0.297 e. The summed E-state index contributed by atoms with van der Waals surface area (Å²) in [4.78, 5) is 0.397. The Kier molecular flexibility index (Phi) is 19.1. The van der Waals surface area contributed by atoms with E-state index in [4.69, 9.17) is 4.18 Å². The largest absolute Gasteiger partial charge is 0.297 e. The van der Waals surface area contributed by atoms with Crippen molar-refractivity contribution in [2.75, 3.05) is 6.61 Å². The molecule has 0 saturated carbocycles. The van der Waals surface area contributed by atoms with Crippen LogP contribution >= 0.6 is 0 Å². The van der Waals surface area contributed by atoms with E-state index >= 15 is 0 Å². The molecule has 0 N–H and O–H groups in total. The number of benzene rings is 1. The molecule has 0 amide bonds. The van der Waals surface area contributed by atoms with E-state index in [9.17, 15) is 8.42 Å². The predicted octanol–water partition coefficient (Wildman–Crippen LogP) is 10.2. The molecule has 0 aliphatic carbocycles. The van der Waals surface area contributed by atoms with Crippen molar-refractivity contribution in [3.63, 3.8) is 0 Å². The Labute approximate surface area is 224 Å². The fourth-order valence-corrected chi connectivity index (χ4v) is 6.19. The van der Waals surface area contributed by atoms with Crippen molar-refractivity contribution < 1.29 is 12.6 Å². The Morgan fingerprint density at radius 1 is 0.639 bits per heavy atom. The summed E-state index contributed by atoms with van der Waals surface area (Å²) < 4.78 is 32.2. The molecule has 4 heteroatoms. The Bertz CT molecular complexity index is 798. The maximum absolute atomic E-state index is 13.3. The maximum atomic E-state index is 13.3. The van der Waals surface area contributed by atoms with Gasteiger partial charge in [0, 0.05) is 0 Å². The molecule has 1 rings (SSSR count). The van der Waals surface area contributed by atoms with Crippen LogP contribution in [-0.4, -0.2) is 15.0 Å². The van der Waals surface area contributed by atoms with Crippen molar-refractivity contribution in [2.24, 2.45) is 0 Å². The van der Waals surface area contributed by atoms with E-state index in [0.717, 1.165) is 62.5 Å². The number of hydrogen-bond acceptors (Lipinski definition) is 3. The molecule has 0 bridgehead atoms. The molecule has 0 heterocycles. The lowest BCUT2D eigenvalue weighted by Crippen LogP contribution is -2.13. The van der Waals surface area contributed by atoms with Crippen LogP contribution in [0.15, 0.2) is 23.6 Å². The lowest BCUT2D eigenvalue weighted by Gasteiger charge is -2.18. The zero-order valence-electron chi connectivity index (χ0n) is 23.9. The highest BCUT2D eigenvalue weighted by Crippen LogP contribution is 2.29. The monoisotopic (exact) mass is 520 g/mol. The molecule has 0 spiro atoms. The van der Waals surface area contributed by atoms with E-state index in [1.807, 2.05) is 12.1 Å². The molecule has 0 unspecified atom stereocenters. The highest BCUT2D eigenvalue weighted by atomic mass is 32.2. The minimum atomic E-state index is -3.76. The van der Waals surface area contributed by atoms with Crippen LogP contribution in [0.3, 0.4) is 0 Å². The molecule has 3 nitrogen and oxygen atoms in total. The van der Waals surface area contributed by atoms with E-state index in [-0.39, 0.29) is 6.61 Å². The molecule has 0 aromatic heterocycles. The van der Waals surface area contributed by atoms with Crippen LogP contribution in [0, 0.1) is 0 Å². The molecule has 36 heavy (non-hydrogen) atoms. The zero-order chi connectivity index (χ0) is 26.5. The predicted molar refractivity (Wildman–Crippen MR) is 157 cm³/mol. The van der Waals surface area contributed by atoms with Crippen LogP contribution in [0.5, 0.6) is 0 Å². The van der Waals surface area contributed by atoms with Crippen LogP contribution in [0.2, 0.25) is 0 Å². The molecular weight excluding hydrogens is 464 g/mol. The third-order valence-electron chi connectivity index (χ3n) is 7.21. The summed E-state index contributed by atoms with van der Waals surface area (Å²) in [7, 11) is -3.76. The molecule has 208 valence electrons. The lowest BCUT2D eigenvalue weighted by molar-refractivity contribution is 0.306. The van der Waals surface area contributed by atoms with Gasteiger partial charge >= 0.3 is 0 Å². The van der Waals surface area contributed by atoms with Gasteiger partial charge in [0.2, 0.25) is 0 Å². The van der Waals surface area contributed by atoms with Gasteiger partial charge in [-0.15, -0.1) is 0 Å². The first-order valence-electron chi connectivity index (χ1n) is 15.2. The van der Waals surface area contributed by atoms with Gasteiger partial charge in [-0.25, -0.2) is 0 Å². The van der Waals surface area contributed by atoms with Gasteiger partial charge in [-0.05, 0) is 54.9 Å². The van der Waals surface area contributed by atoms with Gasteiger partial charge in [0.25, 0.3) is 10.1 Å².